The molecule has 1 aromatic carbocycles. The lowest BCUT2D eigenvalue weighted by Gasteiger charge is -2.07. The van der Waals surface area contributed by atoms with Gasteiger partial charge in [-0.3, -0.25) is 4.79 Å². The zero-order valence-corrected chi connectivity index (χ0v) is 13.4. The molecule has 0 aliphatic rings. The van der Waals surface area contributed by atoms with Gasteiger partial charge in [-0.2, -0.15) is 0 Å². The number of fused-ring (bicyclic) bond motifs is 1. The van der Waals surface area contributed by atoms with Crippen LogP contribution >= 0.6 is 0 Å². The van der Waals surface area contributed by atoms with E-state index in [1.165, 1.54) is 5.56 Å². The van der Waals surface area contributed by atoms with Crippen molar-refractivity contribution in [2.75, 3.05) is 0 Å². The van der Waals surface area contributed by atoms with E-state index in [-0.39, 0.29) is 6.42 Å². The quantitative estimate of drug-likeness (QED) is 0.778. The van der Waals surface area contributed by atoms with Crippen molar-refractivity contribution >= 4 is 11.6 Å². The van der Waals surface area contributed by atoms with Crippen LogP contribution in [0.15, 0.2) is 42.5 Å². The summed E-state index contributed by atoms with van der Waals surface area (Å²) < 4.78 is 2.06. The molecule has 118 valence electrons. The van der Waals surface area contributed by atoms with E-state index in [1.807, 2.05) is 25.1 Å². The molecule has 0 spiro atoms. The third-order valence-electron chi connectivity index (χ3n) is 4.15. The molecule has 0 aliphatic carbocycles. The Morgan fingerprint density at radius 2 is 1.91 bits per heavy atom. The van der Waals surface area contributed by atoms with E-state index in [0.717, 1.165) is 34.7 Å². The summed E-state index contributed by atoms with van der Waals surface area (Å²) in [5.74, 6) is -0.791. The van der Waals surface area contributed by atoms with Crippen molar-refractivity contribution in [1.29, 1.82) is 0 Å². The number of hydrogen-bond donors (Lipinski definition) is 1. The van der Waals surface area contributed by atoms with Gasteiger partial charge in [-0.15, -0.1) is 0 Å². The maximum absolute atomic E-state index is 11.0. The van der Waals surface area contributed by atoms with Crippen LogP contribution in [0.4, 0.5) is 0 Å². The number of pyridine rings is 1. The van der Waals surface area contributed by atoms with Gasteiger partial charge in [0.25, 0.3) is 0 Å². The van der Waals surface area contributed by atoms with Crippen LogP contribution in [0, 0.1) is 6.92 Å². The lowest BCUT2D eigenvalue weighted by Crippen LogP contribution is -2.03. The highest BCUT2D eigenvalue weighted by Crippen LogP contribution is 2.27. The molecule has 2 heterocycles. The molecule has 0 atom stereocenters. The minimum absolute atomic E-state index is 0.0994. The third kappa shape index (κ3) is 2.97. The van der Waals surface area contributed by atoms with E-state index in [2.05, 4.69) is 35.6 Å². The molecule has 0 unspecified atom stereocenters. The van der Waals surface area contributed by atoms with Crippen LogP contribution in [-0.4, -0.2) is 20.5 Å². The summed E-state index contributed by atoms with van der Waals surface area (Å²) in [4.78, 5) is 15.8. The van der Waals surface area contributed by atoms with Crippen LogP contribution in [0.3, 0.4) is 0 Å². The molecule has 0 aliphatic heterocycles. The van der Waals surface area contributed by atoms with Crippen molar-refractivity contribution in [2.45, 2.75) is 33.1 Å². The number of carboxylic acids is 1. The van der Waals surface area contributed by atoms with Crippen LogP contribution < -0.4 is 0 Å². The summed E-state index contributed by atoms with van der Waals surface area (Å²) in [6.45, 7) is 4.14. The van der Waals surface area contributed by atoms with Gasteiger partial charge in [0.15, 0.2) is 0 Å². The summed E-state index contributed by atoms with van der Waals surface area (Å²) in [7, 11) is 0. The fourth-order valence-electron chi connectivity index (χ4n) is 2.91. The Hall–Kier alpha value is -2.62. The molecule has 0 bridgehead atoms. The Morgan fingerprint density at radius 3 is 2.57 bits per heavy atom. The number of carbonyl (C=O) groups is 1. The number of imidazole rings is 1. The second kappa shape index (κ2) is 6.24. The van der Waals surface area contributed by atoms with E-state index >= 15 is 0 Å². The Balaban J connectivity index is 2.15. The monoisotopic (exact) mass is 308 g/mol. The van der Waals surface area contributed by atoms with Crippen LogP contribution in [-0.2, 0) is 17.6 Å². The lowest BCUT2D eigenvalue weighted by atomic mass is 10.0. The molecule has 2 aromatic heterocycles. The molecular formula is C19H20N2O2. The summed E-state index contributed by atoms with van der Waals surface area (Å²) >= 11 is 0. The van der Waals surface area contributed by atoms with Gasteiger partial charge in [0.05, 0.1) is 17.8 Å². The van der Waals surface area contributed by atoms with Crippen molar-refractivity contribution in [3.05, 3.63) is 59.4 Å². The van der Waals surface area contributed by atoms with Crippen LogP contribution in [0.25, 0.3) is 16.9 Å². The Kier molecular flexibility index (Phi) is 4.15. The topological polar surface area (TPSA) is 54.6 Å². The van der Waals surface area contributed by atoms with Crippen molar-refractivity contribution in [3.8, 4) is 11.3 Å². The first-order valence-electron chi connectivity index (χ1n) is 7.88. The highest BCUT2D eigenvalue weighted by Gasteiger charge is 2.16. The first kappa shape index (κ1) is 15.3. The molecular weight excluding hydrogens is 288 g/mol. The second-order valence-electron chi connectivity index (χ2n) is 5.71. The minimum atomic E-state index is -0.791. The van der Waals surface area contributed by atoms with Gasteiger partial charge in [0, 0.05) is 17.7 Å². The normalized spacial score (nSPS) is 11.0. The average molecular weight is 308 g/mol. The van der Waals surface area contributed by atoms with Gasteiger partial charge in [-0.1, -0.05) is 37.3 Å². The lowest BCUT2D eigenvalue weighted by molar-refractivity contribution is -0.136. The summed E-state index contributed by atoms with van der Waals surface area (Å²) in [6.07, 6.45) is 1.56. The summed E-state index contributed by atoms with van der Waals surface area (Å²) in [6, 6.07) is 14.3. The molecule has 4 heteroatoms. The molecule has 3 rings (SSSR count). The average Bonchev–Trinajstić information content (AvgIpc) is 2.93. The molecule has 0 amide bonds. The summed E-state index contributed by atoms with van der Waals surface area (Å²) in [5.41, 5.74) is 6.08. The van der Waals surface area contributed by atoms with E-state index in [1.54, 1.807) is 0 Å². The molecule has 23 heavy (non-hydrogen) atoms. The number of aryl methyl sites for hydroxylation is 3. The zero-order valence-electron chi connectivity index (χ0n) is 13.4. The smallest absolute Gasteiger partial charge is 0.303 e. The fourth-order valence-corrected chi connectivity index (χ4v) is 2.91. The second-order valence-corrected chi connectivity index (χ2v) is 5.71. The van der Waals surface area contributed by atoms with Crippen molar-refractivity contribution in [2.24, 2.45) is 0 Å². The van der Waals surface area contributed by atoms with Gasteiger partial charge < -0.3 is 9.51 Å². The first-order chi connectivity index (χ1) is 11.1. The fraction of sp³-hybridized carbons (Fsp3) is 0.263. The van der Waals surface area contributed by atoms with E-state index in [4.69, 9.17) is 10.1 Å². The number of benzene rings is 1. The molecule has 0 radical (unpaired) electrons. The number of carboxylic acid groups (broad SMARTS) is 1. The van der Waals surface area contributed by atoms with Gasteiger partial charge >= 0.3 is 5.97 Å². The standard InChI is InChI=1S/C19H20N2O2/c1-3-14-7-9-15(10-8-14)19-16(11-12-18(22)23)21-13(2)5-4-6-17(21)20-19/h4-10H,3,11-12H2,1-2H3,(H,22,23). The highest BCUT2D eigenvalue weighted by atomic mass is 16.4. The third-order valence-corrected chi connectivity index (χ3v) is 4.15. The summed E-state index contributed by atoms with van der Waals surface area (Å²) in [5, 5.41) is 9.05. The number of rotatable bonds is 5. The Morgan fingerprint density at radius 1 is 1.17 bits per heavy atom. The first-order valence-corrected chi connectivity index (χ1v) is 7.88. The van der Waals surface area contributed by atoms with Crippen molar-refractivity contribution in [1.82, 2.24) is 9.38 Å². The van der Waals surface area contributed by atoms with Crippen LogP contribution in [0.2, 0.25) is 0 Å². The molecule has 3 aromatic rings. The van der Waals surface area contributed by atoms with E-state index in [0.29, 0.717) is 6.42 Å². The van der Waals surface area contributed by atoms with Crippen LogP contribution in [0.1, 0.15) is 30.3 Å². The predicted molar refractivity (Wildman–Crippen MR) is 90.7 cm³/mol. The number of nitrogens with zero attached hydrogens (tertiary/aromatic N) is 2. The SMILES string of the molecule is CCc1ccc(-c2nc3cccc(C)n3c2CCC(=O)O)cc1. The van der Waals surface area contributed by atoms with E-state index in [9.17, 15) is 4.79 Å². The molecule has 1 N–H and O–H groups in total. The molecule has 4 nitrogen and oxygen atoms in total. The molecule has 0 fully saturated rings. The minimum Gasteiger partial charge on any atom is -0.481 e. The van der Waals surface area contributed by atoms with Gasteiger partial charge in [-0.25, -0.2) is 4.98 Å². The zero-order chi connectivity index (χ0) is 16.4. The van der Waals surface area contributed by atoms with Crippen LogP contribution in [0.5, 0.6) is 0 Å². The number of hydrogen-bond acceptors (Lipinski definition) is 2. The maximum atomic E-state index is 11.0. The van der Waals surface area contributed by atoms with E-state index < -0.39 is 5.97 Å². The van der Waals surface area contributed by atoms with Gasteiger partial charge in [-0.05, 0) is 31.0 Å². The Labute approximate surface area is 135 Å². The number of aromatic nitrogens is 2. The highest BCUT2D eigenvalue weighted by molar-refractivity contribution is 5.70. The predicted octanol–water partition coefficient (Wildman–Crippen LogP) is 3.89. The van der Waals surface area contributed by atoms with Gasteiger partial charge in [0.2, 0.25) is 0 Å². The molecule has 0 saturated heterocycles. The van der Waals surface area contributed by atoms with Crippen molar-refractivity contribution < 1.29 is 9.90 Å². The van der Waals surface area contributed by atoms with Gasteiger partial charge in [0.1, 0.15) is 5.65 Å². The van der Waals surface area contributed by atoms with Crippen molar-refractivity contribution in [3.63, 3.8) is 0 Å². The Bertz CT molecular complexity index is 848. The maximum Gasteiger partial charge on any atom is 0.303 e. The molecule has 0 saturated carbocycles. The number of aliphatic carboxylic acids is 1. The largest absolute Gasteiger partial charge is 0.481 e.